The van der Waals surface area contributed by atoms with E-state index < -0.39 is 8.46 Å². The van der Waals surface area contributed by atoms with Gasteiger partial charge in [-0.1, -0.05) is 42.5 Å². The van der Waals surface area contributed by atoms with E-state index in [4.69, 9.17) is 0 Å². The molecule has 1 unspecified atom stereocenters. The number of rotatable bonds is 2. The Bertz CT molecular complexity index is 381. The lowest BCUT2D eigenvalue weighted by Gasteiger charge is -2.28. The zero-order valence-corrected chi connectivity index (χ0v) is 10.5. The van der Waals surface area contributed by atoms with Crippen molar-refractivity contribution in [2.75, 3.05) is 0 Å². The van der Waals surface area contributed by atoms with Crippen molar-refractivity contribution < 1.29 is 0 Å². The highest BCUT2D eigenvalue weighted by molar-refractivity contribution is 9.59. The molecular weight excluding hydrogens is 256 g/mol. The largest absolute Gasteiger partial charge is 0.135 e. The highest BCUT2D eigenvalue weighted by Crippen LogP contribution is 2.67. The molecule has 0 fully saturated rings. The Kier molecular flexibility index (Phi) is 2.84. The third-order valence-electron chi connectivity index (χ3n) is 2.38. The van der Waals surface area contributed by atoms with E-state index in [1.807, 2.05) is 0 Å². The first-order chi connectivity index (χ1) is 6.71. The van der Waals surface area contributed by atoms with Crippen molar-refractivity contribution in [1.82, 2.24) is 0 Å². The van der Waals surface area contributed by atoms with Crippen LogP contribution in [0.2, 0.25) is 0 Å². The molecule has 74 valence electrons. The molecule has 0 saturated heterocycles. The summed E-state index contributed by atoms with van der Waals surface area (Å²) in [6.07, 6.45) is 4.36. The minimum atomic E-state index is -0.842. The van der Waals surface area contributed by atoms with Crippen LogP contribution in [0.1, 0.15) is 12.5 Å². The van der Waals surface area contributed by atoms with Gasteiger partial charge in [-0.3, -0.25) is 0 Å². The second-order valence-corrected chi connectivity index (χ2v) is 9.52. The Morgan fingerprint density at radius 1 is 1.21 bits per heavy atom. The highest BCUT2D eigenvalue weighted by atomic mass is 79.9. The second kappa shape index (κ2) is 3.95. The molecule has 1 aliphatic rings. The molecule has 0 radical (unpaired) electrons. The normalized spacial score (nSPS) is 29.7. The van der Waals surface area contributed by atoms with Crippen LogP contribution in [-0.4, -0.2) is 0 Å². The molecule has 1 atom stereocenters. The number of allylic oxidation sites excluding steroid dienone is 3. The first-order valence-corrected chi connectivity index (χ1v) is 8.31. The monoisotopic (exact) mass is 268 g/mol. The van der Waals surface area contributed by atoms with E-state index in [1.165, 1.54) is 10.5 Å². The fourth-order valence-corrected chi connectivity index (χ4v) is 4.84. The fourth-order valence-electron chi connectivity index (χ4n) is 1.50. The van der Waals surface area contributed by atoms with Crippen molar-refractivity contribution in [3.63, 3.8) is 0 Å². The summed E-state index contributed by atoms with van der Waals surface area (Å²) in [5, 5.41) is 2.30. The van der Waals surface area contributed by atoms with Gasteiger partial charge in [0.15, 0.2) is 0 Å². The zero-order chi connectivity index (χ0) is 10.0. The van der Waals surface area contributed by atoms with Gasteiger partial charge in [-0.05, 0) is 37.6 Å². The molecule has 0 aromatic heterocycles. The Morgan fingerprint density at radius 3 is 2.50 bits per heavy atom. The lowest BCUT2D eigenvalue weighted by atomic mass is 10.2. The predicted octanol–water partition coefficient (Wildman–Crippen LogP) is 4.73. The number of halogens is 1. The summed E-state index contributed by atoms with van der Waals surface area (Å²) in [6, 6.07) is 10.6. The lowest BCUT2D eigenvalue weighted by molar-refractivity contribution is 1.41. The van der Waals surface area contributed by atoms with Crippen LogP contribution in [0.25, 0.3) is 0 Å². The molecule has 0 nitrogen and oxygen atoms in total. The molecule has 2 rings (SSSR count). The fraction of sp³-hybridized carbons (Fsp3) is 0.167. The summed E-state index contributed by atoms with van der Waals surface area (Å²) in [5.41, 5.74) is 1.40. The minimum absolute atomic E-state index is 0.842. The van der Waals surface area contributed by atoms with E-state index in [-0.39, 0.29) is 0 Å². The molecule has 2 heteroatoms. The van der Waals surface area contributed by atoms with Crippen molar-refractivity contribution in [3.05, 3.63) is 58.4 Å². The van der Waals surface area contributed by atoms with Gasteiger partial charge in [0.05, 0.1) is 0 Å². The molecule has 0 spiro atoms. The smallest absolute Gasteiger partial charge is 0.0189 e. The highest BCUT2D eigenvalue weighted by Gasteiger charge is 2.22. The van der Waals surface area contributed by atoms with Gasteiger partial charge in [0.1, 0.15) is 0 Å². The van der Waals surface area contributed by atoms with Crippen molar-refractivity contribution in [2.45, 2.75) is 12.7 Å². The molecule has 0 saturated carbocycles. The molecule has 14 heavy (non-hydrogen) atoms. The van der Waals surface area contributed by atoms with Crippen LogP contribution in [0.3, 0.4) is 0 Å². The molecular formula is C12H13BrS. The van der Waals surface area contributed by atoms with Crippen LogP contribution < -0.4 is 0 Å². The molecule has 0 bridgehead atoms. The standard InChI is InChI=1S/C12H13BrS/c1-11-6-5-9-14(11,13)10-12-7-3-2-4-8-12/h2-9H,10H2,1H3. The summed E-state index contributed by atoms with van der Waals surface area (Å²) in [4.78, 5) is 1.46. The maximum atomic E-state index is 3.88. The minimum Gasteiger partial charge on any atom is -0.135 e. The predicted molar refractivity (Wildman–Crippen MR) is 69.6 cm³/mol. The van der Waals surface area contributed by atoms with E-state index in [0.29, 0.717) is 0 Å². The van der Waals surface area contributed by atoms with Crippen molar-refractivity contribution in [3.8, 4) is 0 Å². The summed E-state index contributed by atoms with van der Waals surface area (Å²) < 4.78 is 0. The quantitative estimate of drug-likeness (QED) is 0.728. The molecule has 1 aromatic rings. The Balaban J connectivity index is 2.20. The number of hydrogen-bond donors (Lipinski definition) is 0. The van der Waals surface area contributed by atoms with Crippen molar-refractivity contribution >= 4 is 23.3 Å². The molecule has 0 aliphatic carbocycles. The average molecular weight is 269 g/mol. The summed E-state index contributed by atoms with van der Waals surface area (Å²) in [6.45, 7) is 2.20. The third-order valence-corrected chi connectivity index (χ3v) is 7.79. The van der Waals surface area contributed by atoms with Crippen LogP contribution in [-0.2, 0) is 5.75 Å². The molecule has 0 amide bonds. The van der Waals surface area contributed by atoms with Crippen LogP contribution >= 0.6 is 23.3 Å². The van der Waals surface area contributed by atoms with Gasteiger partial charge in [0.25, 0.3) is 0 Å². The van der Waals surface area contributed by atoms with Gasteiger partial charge in [0, 0.05) is 5.75 Å². The van der Waals surface area contributed by atoms with Crippen molar-refractivity contribution in [2.24, 2.45) is 0 Å². The SMILES string of the molecule is CC1=CC=CS1(Br)Cc1ccccc1. The maximum absolute atomic E-state index is 3.88. The summed E-state index contributed by atoms with van der Waals surface area (Å²) in [5.74, 6) is 1.10. The molecule has 1 aliphatic heterocycles. The van der Waals surface area contributed by atoms with E-state index in [2.05, 4.69) is 69.6 Å². The van der Waals surface area contributed by atoms with Crippen LogP contribution in [0.15, 0.2) is 52.8 Å². The molecule has 1 heterocycles. The van der Waals surface area contributed by atoms with E-state index in [0.717, 1.165) is 5.75 Å². The van der Waals surface area contributed by atoms with E-state index in [1.54, 1.807) is 0 Å². The molecule has 1 aromatic carbocycles. The first-order valence-electron chi connectivity index (χ1n) is 4.60. The lowest BCUT2D eigenvalue weighted by Crippen LogP contribution is -1.91. The number of benzene rings is 1. The summed E-state index contributed by atoms with van der Waals surface area (Å²) in [7, 11) is -0.842. The third kappa shape index (κ3) is 1.96. The Labute approximate surface area is 94.2 Å². The second-order valence-electron chi connectivity index (χ2n) is 3.44. The average Bonchev–Trinajstić information content (AvgIpc) is 2.48. The van der Waals surface area contributed by atoms with Gasteiger partial charge in [-0.25, -0.2) is 0 Å². The van der Waals surface area contributed by atoms with Gasteiger partial charge >= 0.3 is 0 Å². The van der Waals surface area contributed by atoms with E-state index >= 15 is 0 Å². The zero-order valence-electron chi connectivity index (χ0n) is 8.11. The van der Waals surface area contributed by atoms with E-state index in [9.17, 15) is 0 Å². The summed E-state index contributed by atoms with van der Waals surface area (Å²) >= 11 is 3.88. The van der Waals surface area contributed by atoms with Gasteiger partial charge < -0.3 is 0 Å². The van der Waals surface area contributed by atoms with Crippen LogP contribution in [0.5, 0.6) is 0 Å². The Morgan fingerprint density at radius 2 is 1.93 bits per heavy atom. The van der Waals surface area contributed by atoms with Crippen LogP contribution in [0, 0.1) is 0 Å². The van der Waals surface area contributed by atoms with Gasteiger partial charge in [-0.2, -0.15) is 0 Å². The first kappa shape index (κ1) is 10.1. The van der Waals surface area contributed by atoms with Gasteiger partial charge in [0.2, 0.25) is 0 Å². The number of hydrogen-bond acceptors (Lipinski definition) is 0. The molecule has 0 N–H and O–H groups in total. The Hall–Kier alpha value is -0.470. The van der Waals surface area contributed by atoms with Crippen molar-refractivity contribution in [1.29, 1.82) is 0 Å². The topological polar surface area (TPSA) is 0 Å². The maximum Gasteiger partial charge on any atom is 0.0189 e. The van der Waals surface area contributed by atoms with Gasteiger partial charge in [-0.15, -0.1) is 8.46 Å². The van der Waals surface area contributed by atoms with Crippen LogP contribution in [0.4, 0.5) is 0 Å².